The van der Waals surface area contributed by atoms with Crippen LogP contribution in [0.4, 0.5) is 0 Å². The first-order valence-electron chi connectivity index (χ1n) is 22.7. The number of hydrogen-bond acceptors (Lipinski definition) is 6. The molecule has 0 radical (unpaired) electrons. The van der Waals surface area contributed by atoms with Gasteiger partial charge in [-0.3, -0.25) is 14.9 Å². The maximum absolute atomic E-state index is 15.8. The first kappa shape index (κ1) is 46.8. The number of aromatic hydroxyl groups is 1. The zero-order valence-electron chi connectivity index (χ0n) is 37.4. The van der Waals surface area contributed by atoms with Crippen molar-refractivity contribution in [1.82, 2.24) is 16.0 Å². The molecular formula is C59H53N3O5S. The molecule has 8 aromatic carbocycles. The Morgan fingerprint density at radius 1 is 0.412 bits per heavy atom. The Morgan fingerprint density at radius 2 is 0.735 bits per heavy atom. The Bertz CT molecular complexity index is 2650. The van der Waals surface area contributed by atoms with Gasteiger partial charge in [-0.15, -0.1) is 11.8 Å². The van der Waals surface area contributed by atoms with E-state index in [9.17, 15) is 19.8 Å². The summed E-state index contributed by atoms with van der Waals surface area (Å²) >= 11 is 1.62. The number of carbonyl (C=O) groups is 3. The van der Waals surface area contributed by atoms with Gasteiger partial charge >= 0.3 is 5.97 Å². The Labute approximate surface area is 402 Å². The van der Waals surface area contributed by atoms with E-state index in [1.165, 1.54) is 12.1 Å². The molecule has 0 bridgehead atoms. The molecule has 340 valence electrons. The predicted octanol–water partition coefficient (Wildman–Crippen LogP) is 9.91. The smallest absolute Gasteiger partial charge is 0.326 e. The SMILES string of the molecule is O=C(O)[C@H](Cc1ccccc1)NC(=O)[C@H](Cc1ccc(O)cc1)NC(=O)[C@H](CSC(c1ccccc1)(c1ccccc1)c1ccccc1)NC(c1ccccc1)(c1ccccc1)c1ccccc1. The standard InChI is InChI=1S/C59H53N3O5S/c63-51-38-36-44(37-39-51)40-52(55(64)61-53(57(66)67)41-43-22-8-1-9-23-43)60-56(65)54(62-58(45-24-10-2-11-25-45,46-26-12-3-13-27-46)47-28-14-4-15-29-47)42-68-59(48-30-16-5-17-31-48,49-32-18-6-19-33-49)50-34-20-7-21-35-50/h1-39,52-54,62-63H,40-42H2,(H,60,65)(H,61,64)(H,66,67)/t52-,53-,54-/m0/s1. The summed E-state index contributed by atoms with van der Waals surface area (Å²) in [6.07, 6.45) is 0.0511. The van der Waals surface area contributed by atoms with Gasteiger partial charge in [-0.05, 0) is 56.6 Å². The van der Waals surface area contributed by atoms with Crippen LogP contribution in [0.3, 0.4) is 0 Å². The minimum Gasteiger partial charge on any atom is -0.508 e. The molecule has 0 spiro atoms. The summed E-state index contributed by atoms with van der Waals surface area (Å²) in [7, 11) is 0. The van der Waals surface area contributed by atoms with Gasteiger partial charge < -0.3 is 20.8 Å². The van der Waals surface area contributed by atoms with Crippen molar-refractivity contribution in [1.29, 1.82) is 0 Å². The quantitative estimate of drug-likeness (QED) is 0.0482. The van der Waals surface area contributed by atoms with E-state index in [1.54, 1.807) is 23.9 Å². The van der Waals surface area contributed by atoms with Crippen LogP contribution >= 0.6 is 11.8 Å². The molecule has 0 aliphatic heterocycles. The van der Waals surface area contributed by atoms with E-state index in [1.807, 2.05) is 140 Å². The van der Waals surface area contributed by atoms with Gasteiger partial charge in [0.15, 0.2) is 0 Å². The number of carboxylic acids is 1. The number of carboxylic acid groups (broad SMARTS) is 1. The van der Waals surface area contributed by atoms with Crippen LogP contribution in [0.5, 0.6) is 5.75 Å². The van der Waals surface area contributed by atoms with Crippen molar-refractivity contribution in [3.05, 3.63) is 281 Å². The number of nitrogens with one attached hydrogen (secondary N) is 3. The number of rotatable bonds is 20. The molecule has 0 fully saturated rings. The van der Waals surface area contributed by atoms with E-state index in [2.05, 4.69) is 88.7 Å². The van der Waals surface area contributed by atoms with Crippen LogP contribution < -0.4 is 16.0 Å². The highest BCUT2D eigenvalue weighted by Crippen LogP contribution is 2.49. The predicted molar refractivity (Wildman–Crippen MR) is 271 cm³/mol. The van der Waals surface area contributed by atoms with Crippen LogP contribution in [-0.2, 0) is 37.5 Å². The van der Waals surface area contributed by atoms with E-state index >= 15 is 4.79 Å². The van der Waals surface area contributed by atoms with Gasteiger partial charge in [0.1, 0.15) is 17.8 Å². The molecule has 0 heterocycles. The normalized spacial score (nSPS) is 12.8. The molecule has 3 atom stereocenters. The van der Waals surface area contributed by atoms with Gasteiger partial charge in [-0.2, -0.15) is 0 Å². The average Bonchev–Trinajstić information content (AvgIpc) is 3.39. The van der Waals surface area contributed by atoms with Crippen LogP contribution in [0.2, 0.25) is 0 Å². The molecule has 0 aliphatic carbocycles. The van der Waals surface area contributed by atoms with Crippen LogP contribution in [0, 0.1) is 0 Å². The van der Waals surface area contributed by atoms with Gasteiger partial charge in [-0.25, -0.2) is 4.79 Å². The van der Waals surface area contributed by atoms with E-state index in [0.717, 1.165) is 38.9 Å². The van der Waals surface area contributed by atoms with Crippen molar-refractivity contribution in [3.63, 3.8) is 0 Å². The zero-order valence-corrected chi connectivity index (χ0v) is 38.2. The topological polar surface area (TPSA) is 128 Å². The van der Waals surface area contributed by atoms with E-state index in [0.29, 0.717) is 5.56 Å². The van der Waals surface area contributed by atoms with E-state index in [-0.39, 0.29) is 24.3 Å². The fraction of sp³-hybridized carbons (Fsp3) is 0.136. The molecule has 0 unspecified atom stereocenters. The van der Waals surface area contributed by atoms with Crippen LogP contribution in [0.25, 0.3) is 0 Å². The fourth-order valence-corrected chi connectivity index (χ4v) is 10.5. The molecule has 8 aromatic rings. The first-order chi connectivity index (χ1) is 33.3. The van der Waals surface area contributed by atoms with Crippen molar-refractivity contribution >= 4 is 29.5 Å². The largest absolute Gasteiger partial charge is 0.508 e. The molecule has 5 N–H and O–H groups in total. The Morgan fingerprint density at radius 3 is 1.13 bits per heavy atom. The summed E-state index contributed by atoms with van der Waals surface area (Å²) in [5.41, 5.74) is 6.02. The summed E-state index contributed by atoms with van der Waals surface area (Å²) in [5.74, 6) is -2.09. The van der Waals surface area contributed by atoms with E-state index in [4.69, 9.17) is 0 Å². The maximum Gasteiger partial charge on any atom is 0.326 e. The van der Waals surface area contributed by atoms with Crippen LogP contribution in [-0.4, -0.2) is 51.9 Å². The highest BCUT2D eigenvalue weighted by atomic mass is 32.2. The number of thioether (sulfide) groups is 1. The van der Waals surface area contributed by atoms with Gasteiger partial charge in [0, 0.05) is 18.6 Å². The second-order valence-electron chi connectivity index (χ2n) is 16.7. The lowest BCUT2D eigenvalue weighted by Gasteiger charge is -2.41. The summed E-state index contributed by atoms with van der Waals surface area (Å²) in [6.45, 7) is 0. The van der Waals surface area contributed by atoms with Crippen LogP contribution in [0.15, 0.2) is 237 Å². The molecule has 2 amide bonds. The molecule has 9 heteroatoms. The first-order valence-corrected chi connectivity index (χ1v) is 23.6. The summed E-state index contributed by atoms with van der Waals surface area (Å²) in [4.78, 5) is 43.2. The molecule has 0 aliphatic rings. The third-order valence-corrected chi connectivity index (χ3v) is 13.9. The summed E-state index contributed by atoms with van der Waals surface area (Å²) in [5, 5.41) is 30.4. The number of phenols is 1. The molecular weight excluding hydrogens is 863 g/mol. The molecule has 8 rings (SSSR count). The lowest BCUT2D eigenvalue weighted by molar-refractivity contribution is -0.142. The fourth-order valence-electron chi connectivity index (χ4n) is 8.91. The summed E-state index contributed by atoms with van der Waals surface area (Å²) < 4.78 is -0.812. The number of hydrogen-bond donors (Lipinski definition) is 5. The van der Waals surface area contributed by atoms with Crippen LogP contribution in [0.1, 0.15) is 44.5 Å². The third kappa shape index (κ3) is 10.8. The molecule has 68 heavy (non-hydrogen) atoms. The van der Waals surface area contributed by atoms with Gasteiger partial charge in [0.25, 0.3) is 0 Å². The lowest BCUT2D eigenvalue weighted by atomic mass is 9.76. The monoisotopic (exact) mass is 915 g/mol. The Hall–Kier alpha value is -7.72. The van der Waals surface area contributed by atoms with Gasteiger partial charge in [0.05, 0.1) is 16.3 Å². The lowest BCUT2D eigenvalue weighted by Crippen LogP contribution is -2.60. The molecule has 0 aromatic heterocycles. The summed E-state index contributed by atoms with van der Waals surface area (Å²) in [6, 6.07) is 73.0. The van der Waals surface area contributed by atoms with Crippen molar-refractivity contribution in [2.75, 3.05) is 5.75 Å². The number of aliphatic carboxylic acids is 1. The Balaban J connectivity index is 1.27. The van der Waals surface area contributed by atoms with Gasteiger partial charge in [0.2, 0.25) is 11.8 Å². The highest BCUT2D eigenvalue weighted by Gasteiger charge is 2.43. The minimum absolute atomic E-state index is 0.0125. The molecule has 0 saturated carbocycles. The molecule has 0 saturated heterocycles. The van der Waals surface area contributed by atoms with Crippen molar-refractivity contribution in [3.8, 4) is 5.75 Å². The van der Waals surface area contributed by atoms with Crippen molar-refractivity contribution in [2.45, 2.75) is 41.3 Å². The molecule has 8 nitrogen and oxygen atoms in total. The Kier molecular flexibility index (Phi) is 15.3. The number of carbonyl (C=O) groups excluding carboxylic acids is 2. The second-order valence-corrected chi connectivity index (χ2v) is 17.9. The van der Waals surface area contributed by atoms with Crippen molar-refractivity contribution in [2.24, 2.45) is 0 Å². The third-order valence-electron chi connectivity index (χ3n) is 12.2. The second kappa shape index (κ2) is 22.2. The zero-order chi connectivity index (χ0) is 47.2. The van der Waals surface area contributed by atoms with Crippen molar-refractivity contribution < 1.29 is 24.6 Å². The number of amides is 2. The highest BCUT2D eigenvalue weighted by molar-refractivity contribution is 8.00. The van der Waals surface area contributed by atoms with E-state index < -0.39 is 46.2 Å². The minimum atomic E-state index is -1.28. The van der Waals surface area contributed by atoms with Gasteiger partial charge in [-0.1, -0.05) is 224 Å². The number of benzene rings is 8. The maximum atomic E-state index is 15.8. The number of phenolic OH excluding ortho intramolecular Hbond substituents is 1. The average molecular weight is 916 g/mol.